The summed E-state index contributed by atoms with van der Waals surface area (Å²) in [5.74, 6) is -0.918. The van der Waals surface area contributed by atoms with Crippen molar-refractivity contribution in [3.05, 3.63) is 41.0 Å². The van der Waals surface area contributed by atoms with Crippen LogP contribution in [-0.2, 0) is 25.7 Å². The average Bonchev–Trinajstić information content (AvgIpc) is 3.52. The van der Waals surface area contributed by atoms with E-state index in [4.69, 9.17) is 0 Å². The largest absolute Gasteiger partial charge is 0.391 e. The van der Waals surface area contributed by atoms with E-state index in [1.807, 2.05) is 64.4 Å². The fraction of sp³-hybridized carbons (Fsp3) is 0.567. The molecule has 2 aromatic rings. The normalized spacial score (nSPS) is 20.3. The second kappa shape index (κ2) is 13.5. The van der Waals surface area contributed by atoms with Crippen LogP contribution in [0.1, 0.15) is 71.6 Å². The molecule has 1 saturated heterocycles. The van der Waals surface area contributed by atoms with Crippen molar-refractivity contribution in [2.45, 2.75) is 92.0 Å². The van der Waals surface area contributed by atoms with Crippen molar-refractivity contribution in [1.29, 1.82) is 0 Å². The van der Waals surface area contributed by atoms with Gasteiger partial charge in [0.05, 0.1) is 27.6 Å². The van der Waals surface area contributed by atoms with Gasteiger partial charge in [0.2, 0.25) is 17.7 Å². The van der Waals surface area contributed by atoms with Gasteiger partial charge in [0.1, 0.15) is 17.9 Å². The predicted molar refractivity (Wildman–Crippen MR) is 155 cm³/mol. The number of aromatic nitrogens is 1. The first-order valence-electron chi connectivity index (χ1n) is 14.0. The number of carbonyl (C=O) groups excluding carboxylic acids is 4. The lowest BCUT2D eigenvalue weighted by Gasteiger charge is -2.37. The van der Waals surface area contributed by atoms with Gasteiger partial charge in [0.25, 0.3) is 0 Å². The Balaban J connectivity index is 0.00000216. The van der Waals surface area contributed by atoms with Gasteiger partial charge in [-0.2, -0.15) is 0 Å². The van der Waals surface area contributed by atoms with E-state index in [-0.39, 0.29) is 61.8 Å². The molecule has 10 heteroatoms. The van der Waals surface area contributed by atoms with E-state index in [2.05, 4.69) is 15.6 Å². The number of nitrogens with zero attached hydrogens (tertiary/aromatic N) is 2. The first-order chi connectivity index (χ1) is 19.0. The van der Waals surface area contributed by atoms with Crippen LogP contribution in [0.5, 0.6) is 0 Å². The van der Waals surface area contributed by atoms with Crippen molar-refractivity contribution in [2.24, 2.45) is 11.3 Å². The number of Topliss-reactive ketones (excluding diaryl/α,β-unsaturated/α-hetero) is 1. The summed E-state index contributed by atoms with van der Waals surface area (Å²) in [6.07, 6.45) is 0.0322. The number of likely N-dealkylation sites (tertiary alicyclic amines) is 1. The van der Waals surface area contributed by atoms with Gasteiger partial charge in [-0.05, 0) is 37.3 Å². The van der Waals surface area contributed by atoms with E-state index >= 15 is 0 Å². The molecule has 3 amide bonds. The maximum absolute atomic E-state index is 13.6. The third-order valence-corrected chi connectivity index (χ3v) is 8.30. The van der Waals surface area contributed by atoms with Crippen molar-refractivity contribution in [2.75, 3.05) is 6.54 Å². The molecule has 4 rings (SSSR count). The quantitative estimate of drug-likeness (QED) is 0.422. The summed E-state index contributed by atoms with van der Waals surface area (Å²) in [5.41, 5.74) is 3.96. The molecule has 1 saturated carbocycles. The third kappa shape index (κ3) is 7.34. The van der Waals surface area contributed by atoms with Gasteiger partial charge in [-0.15, -0.1) is 11.3 Å². The van der Waals surface area contributed by atoms with E-state index in [1.165, 1.54) is 4.90 Å². The molecule has 1 aromatic heterocycles. The number of rotatable bonds is 9. The highest BCUT2D eigenvalue weighted by Crippen LogP contribution is 2.38. The Morgan fingerprint density at radius 1 is 1.18 bits per heavy atom. The smallest absolute Gasteiger partial charge is 0.245 e. The van der Waals surface area contributed by atoms with Crippen LogP contribution in [-0.4, -0.2) is 63.2 Å². The summed E-state index contributed by atoms with van der Waals surface area (Å²) < 4.78 is 0. The summed E-state index contributed by atoms with van der Waals surface area (Å²) in [4.78, 5) is 57.9. The van der Waals surface area contributed by atoms with Gasteiger partial charge in [0.15, 0.2) is 0 Å². The number of carbonyl (C=O) groups is 4. The number of β-amino-alcohol motifs (C(OH)–C–C–N with tert-alkyl or cyclic N) is 1. The summed E-state index contributed by atoms with van der Waals surface area (Å²) >= 11 is 1.58. The highest BCUT2D eigenvalue weighted by molar-refractivity contribution is 7.13. The first-order valence-corrected chi connectivity index (χ1v) is 14.9. The number of amides is 3. The molecule has 3 N–H and O–H groups in total. The summed E-state index contributed by atoms with van der Waals surface area (Å²) in [6.45, 7) is 11.9. The monoisotopic (exact) mass is 570 g/mol. The molecule has 1 aromatic carbocycles. The van der Waals surface area contributed by atoms with Gasteiger partial charge in [-0.25, -0.2) is 4.98 Å². The predicted octanol–water partition coefficient (Wildman–Crippen LogP) is 3.62. The molecular formula is C30H42N4O5S. The van der Waals surface area contributed by atoms with E-state index in [9.17, 15) is 24.3 Å². The topological polar surface area (TPSA) is 129 Å². The second-order valence-corrected chi connectivity index (χ2v) is 12.0. The zero-order valence-corrected chi connectivity index (χ0v) is 25.1. The van der Waals surface area contributed by atoms with Gasteiger partial charge in [-0.3, -0.25) is 19.2 Å². The Bertz CT molecular complexity index is 1200. The Hall–Kier alpha value is -3.11. The molecule has 0 spiro atoms. The van der Waals surface area contributed by atoms with E-state index < -0.39 is 23.6 Å². The van der Waals surface area contributed by atoms with Crippen LogP contribution >= 0.6 is 11.3 Å². The molecule has 0 radical (unpaired) electrons. The Labute approximate surface area is 240 Å². The number of aliphatic hydroxyl groups is 1. The minimum Gasteiger partial charge on any atom is -0.391 e. The number of benzene rings is 1. The van der Waals surface area contributed by atoms with Crippen molar-refractivity contribution in [1.82, 2.24) is 20.5 Å². The lowest BCUT2D eigenvalue weighted by atomic mass is 9.68. The zero-order chi connectivity index (χ0) is 29.6. The molecule has 218 valence electrons. The standard InChI is InChI=1S/C28H36N4O5S.C2H6/c1-16(2)9-22(31-27(37)28(4)11-21(34)12-28)26(36)32-14-20(33)10-23(32)25(35)29-13-18-5-7-19(8-6-18)24-17(3)30-15-38-24;1-2/h5-8,15-16,20,22-23,33H,9-14H2,1-4H3,(H,29,35)(H,31,37);1-2H3. The third-order valence-electron chi connectivity index (χ3n) is 7.33. The maximum atomic E-state index is 13.6. The Kier molecular flexibility index (Phi) is 10.6. The number of aliphatic hydroxyl groups excluding tert-OH is 1. The van der Waals surface area contributed by atoms with Crippen LogP contribution in [0.3, 0.4) is 0 Å². The minimum absolute atomic E-state index is 0.0278. The highest BCUT2D eigenvalue weighted by atomic mass is 32.1. The van der Waals surface area contributed by atoms with Crippen molar-refractivity contribution in [3.63, 3.8) is 0 Å². The van der Waals surface area contributed by atoms with Crippen LogP contribution in [0.2, 0.25) is 0 Å². The van der Waals surface area contributed by atoms with Gasteiger partial charge in [-0.1, -0.05) is 52.0 Å². The molecule has 0 bridgehead atoms. The fourth-order valence-corrected chi connectivity index (χ4v) is 5.98. The average molecular weight is 571 g/mol. The summed E-state index contributed by atoms with van der Waals surface area (Å²) in [6, 6.07) is 6.21. The number of thiazole rings is 1. The van der Waals surface area contributed by atoms with Crippen LogP contribution in [0.15, 0.2) is 29.8 Å². The number of aryl methyl sites for hydroxylation is 1. The molecule has 2 fully saturated rings. The molecule has 2 heterocycles. The van der Waals surface area contributed by atoms with Crippen LogP contribution in [0.25, 0.3) is 10.4 Å². The van der Waals surface area contributed by atoms with Gasteiger partial charge in [0, 0.05) is 32.4 Å². The van der Waals surface area contributed by atoms with Gasteiger partial charge < -0.3 is 20.6 Å². The zero-order valence-electron chi connectivity index (χ0n) is 24.3. The first kappa shape index (κ1) is 31.4. The maximum Gasteiger partial charge on any atom is 0.245 e. The molecule has 1 aliphatic heterocycles. The van der Waals surface area contributed by atoms with Crippen molar-refractivity contribution in [3.8, 4) is 10.4 Å². The Morgan fingerprint density at radius 2 is 1.82 bits per heavy atom. The van der Waals surface area contributed by atoms with Crippen LogP contribution < -0.4 is 10.6 Å². The molecule has 3 unspecified atom stereocenters. The molecular weight excluding hydrogens is 528 g/mol. The lowest BCUT2D eigenvalue weighted by Crippen LogP contribution is -2.57. The number of hydrogen-bond donors (Lipinski definition) is 3. The summed E-state index contributed by atoms with van der Waals surface area (Å²) in [5, 5.41) is 16.1. The van der Waals surface area contributed by atoms with Gasteiger partial charge >= 0.3 is 0 Å². The lowest BCUT2D eigenvalue weighted by molar-refractivity contribution is -0.149. The van der Waals surface area contributed by atoms with E-state index in [0.29, 0.717) is 6.42 Å². The van der Waals surface area contributed by atoms with Crippen LogP contribution in [0.4, 0.5) is 0 Å². The molecule has 40 heavy (non-hydrogen) atoms. The van der Waals surface area contributed by atoms with Crippen LogP contribution in [0, 0.1) is 18.3 Å². The number of hydrogen-bond acceptors (Lipinski definition) is 7. The van der Waals surface area contributed by atoms with Crippen molar-refractivity contribution >= 4 is 34.8 Å². The second-order valence-electron chi connectivity index (χ2n) is 11.2. The molecule has 9 nitrogen and oxygen atoms in total. The van der Waals surface area contributed by atoms with E-state index in [1.54, 1.807) is 18.3 Å². The molecule has 1 aliphatic carbocycles. The molecule has 2 aliphatic rings. The number of nitrogens with one attached hydrogen (secondary N) is 2. The highest BCUT2D eigenvalue weighted by Gasteiger charge is 2.47. The number of ketones is 1. The SMILES string of the molecule is CC.Cc1ncsc1-c1ccc(CNC(=O)C2CC(O)CN2C(=O)C(CC(C)C)NC(=O)C2(C)CC(=O)C2)cc1. The minimum atomic E-state index is -0.835. The van der Waals surface area contributed by atoms with Crippen molar-refractivity contribution < 1.29 is 24.3 Å². The molecule has 3 atom stereocenters. The fourth-order valence-electron chi connectivity index (χ4n) is 5.17. The Morgan fingerprint density at radius 3 is 2.38 bits per heavy atom. The summed E-state index contributed by atoms with van der Waals surface area (Å²) in [7, 11) is 0. The van der Waals surface area contributed by atoms with E-state index in [0.717, 1.165) is 21.7 Å².